The van der Waals surface area contributed by atoms with Gasteiger partial charge in [-0.05, 0) is 18.9 Å². The molecule has 3 heteroatoms. The Bertz CT molecular complexity index is 437. The van der Waals surface area contributed by atoms with Crippen LogP contribution in [0, 0.1) is 5.41 Å². The Balaban J connectivity index is 2.60. The number of aliphatic hydroxyl groups excluding tert-OH is 1. The average Bonchev–Trinajstić information content (AvgIpc) is 2.27. The largest absolute Gasteiger partial charge is 0.396 e. The number of carbonyl (C=O) groups excluding carboxylic acids is 1. The fourth-order valence-corrected chi connectivity index (χ4v) is 2.23. The zero-order valence-electron chi connectivity index (χ0n) is 9.53. The maximum absolute atomic E-state index is 12.2. The van der Waals surface area contributed by atoms with Gasteiger partial charge in [-0.3, -0.25) is 4.79 Å². The highest BCUT2D eigenvalue weighted by Gasteiger charge is 2.52. The van der Waals surface area contributed by atoms with Crippen molar-refractivity contribution < 1.29 is 15.0 Å². The molecular weight excluding hydrogens is 204 g/mol. The zero-order chi connectivity index (χ0) is 12.0. The Kier molecular flexibility index (Phi) is 2.40. The van der Waals surface area contributed by atoms with E-state index in [0.717, 1.165) is 5.56 Å². The lowest BCUT2D eigenvalue weighted by molar-refractivity contribution is -0.0654. The third-order valence-electron chi connectivity index (χ3n) is 3.81. The Hall–Kier alpha value is -1.19. The first-order valence-electron chi connectivity index (χ1n) is 5.38. The number of aliphatic hydroxyl groups is 2. The van der Waals surface area contributed by atoms with Crippen molar-refractivity contribution in [3.63, 3.8) is 0 Å². The first-order chi connectivity index (χ1) is 7.42. The Morgan fingerprint density at radius 2 is 1.94 bits per heavy atom. The molecule has 0 amide bonds. The number of hydrogen-bond donors (Lipinski definition) is 2. The van der Waals surface area contributed by atoms with Crippen molar-refractivity contribution in [2.75, 3.05) is 6.61 Å². The van der Waals surface area contributed by atoms with Crippen LogP contribution in [0.5, 0.6) is 0 Å². The molecule has 1 aromatic rings. The predicted molar refractivity (Wildman–Crippen MR) is 60.3 cm³/mol. The molecule has 1 aliphatic carbocycles. The maximum atomic E-state index is 12.2. The van der Waals surface area contributed by atoms with Crippen molar-refractivity contribution in [3.8, 4) is 0 Å². The molecule has 1 aliphatic rings. The minimum atomic E-state index is -1.50. The summed E-state index contributed by atoms with van der Waals surface area (Å²) in [5.74, 6) is -0.300. The molecule has 0 aliphatic heterocycles. The van der Waals surface area contributed by atoms with Gasteiger partial charge in [-0.2, -0.15) is 0 Å². The Labute approximate surface area is 94.7 Å². The van der Waals surface area contributed by atoms with Gasteiger partial charge >= 0.3 is 0 Å². The monoisotopic (exact) mass is 220 g/mol. The highest BCUT2D eigenvalue weighted by molar-refractivity contribution is 6.05. The van der Waals surface area contributed by atoms with Gasteiger partial charge in [0.05, 0.1) is 6.61 Å². The first kappa shape index (κ1) is 11.3. The second kappa shape index (κ2) is 3.40. The topological polar surface area (TPSA) is 57.5 Å². The van der Waals surface area contributed by atoms with Crippen LogP contribution in [0.1, 0.15) is 29.8 Å². The first-order valence-corrected chi connectivity index (χ1v) is 5.38. The molecule has 1 aromatic carbocycles. The van der Waals surface area contributed by atoms with Crippen LogP contribution < -0.4 is 0 Å². The van der Waals surface area contributed by atoms with E-state index < -0.39 is 11.0 Å². The van der Waals surface area contributed by atoms with Gasteiger partial charge in [0.1, 0.15) is 5.60 Å². The molecule has 2 unspecified atom stereocenters. The lowest BCUT2D eigenvalue weighted by atomic mass is 9.63. The standard InChI is InChI=1S/C13H16O3/c1-12(8-14)7-9-5-3-4-6-10(9)11(15)13(12,2)16/h3-6,14,16H,7-8H2,1-2H3. The van der Waals surface area contributed by atoms with Crippen molar-refractivity contribution in [1.29, 1.82) is 0 Å². The van der Waals surface area contributed by atoms with Gasteiger partial charge in [0.25, 0.3) is 0 Å². The maximum Gasteiger partial charge on any atom is 0.194 e. The Morgan fingerprint density at radius 1 is 1.31 bits per heavy atom. The Morgan fingerprint density at radius 3 is 2.56 bits per heavy atom. The van der Waals surface area contributed by atoms with Gasteiger partial charge in [0, 0.05) is 11.0 Å². The number of Topliss-reactive ketones (excluding diaryl/α,β-unsaturated/α-hetero) is 1. The number of ketones is 1. The summed E-state index contributed by atoms with van der Waals surface area (Å²) < 4.78 is 0. The third kappa shape index (κ3) is 1.32. The molecule has 3 nitrogen and oxygen atoms in total. The molecule has 0 spiro atoms. The van der Waals surface area contributed by atoms with Crippen LogP contribution >= 0.6 is 0 Å². The number of fused-ring (bicyclic) bond motifs is 1. The summed E-state index contributed by atoms with van der Waals surface area (Å²) in [5, 5.41) is 19.7. The van der Waals surface area contributed by atoms with Gasteiger partial charge < -0.3 is 10.2 Å². The lowest BCUT2D eigenvalue weighted by Gasteiger charge is -2.44. The normalized spacial score (nSPS) is 33.6. The van der Waals surface area contributed by atoms with E-state index in [1.165, 1.54) is 6.92 Å². The fourth-order valence-electron chi connectivity index (χ4n) is 2.23. The SMILES string of the molecule is CC1(CO)Cc2ccccc2C(=O)C1(C)O. The molecule has 0 radical (unpaired) electrons. The van der Waals surface area contributed by atoms with Gasteiger partial charge in [-0.15, -0.1) is 0 Å². The number of carbonyl (C=O) groups is 1. The summed E-state index contributed by atoms with van der Waals surface area (Å²) in [6, 6.07) is 7.25. The van der Waals surface area contributed by atoms with Crippen LogP contribution in [0.4, 0.5) is 0 Å². The van der Waals surface area contributed by atoms with Crippen LogP contribution in [0.3, 0.4) is 0 Å². The molecule has 0 saturated carbocycles. The highest BCUT2D eigenvalue weighted by atomic mass is 16.3. The number of hydrogen-bond acceptors (Lipinski definition) is 3. The average molecular weight is 220 g/mol. The zero-order valence-corrected chi connectivity index (χ0v) is 9.53. The van der Waals surface area contributed by atoms with Gasteiger partial charge in [0.15, 0.2) is 5.78 Å². The second-order valence-corrected chi connectivity index (χ2v) is 4.95. The van der Waals surface area contributed by atoms with Gasteiger partial charge in [-0.1, -0.05) is 31.2 Å². The van der Waals surface area contributed by atoms with E-state index in [0.29, 0.717) is 12.0 Å². The second-order valence-electron chi connectivity index (χ2n) is 4.95. The van der Waals surface area contributed by atoms with E-state index in [-0.39, 0.29) is 12.4 Å². The highest BCUT2D eigenvalue weighted by Crippen LogP contribution is 2.42. The predicted octanol–water partition coefficient (Wildman–Crippen LogP) is 1.17. The van der Waals surface area contributed by atoms with Crippen molar-refractivity contribution in [1.82, 2.24) is 0 Å². The third-order valence-corrected chi connectivity index (χ3v) is 3.81. The molecule has 0 bridgehead atoms. The molecule has 0 heterocycles. The van der Waals surface area contributed by atoms with Crippen molar-refractivity contribution in [2.24, 2.45) is 5.41 Å². The van der Waals surface area contributed by atoms with Crippen LogP contribution in [0.15, 0.2) is 24.3 Å². The van der Waals surface area contributed by atoms with E-state index in [2.05, 4.69) is 0 Å². The number of rotatable bonds is 1. The van der Waals surface area contributed by atoms with Crippen LogP contribution in [0.25, 0.3) is 0 Å². The summed E-state index contributed by atoms with van der Waals surface area (Å²) >= 11 is 0. The van der Waals surface area contributed by atoms with E-state index in [4.69, 9.17) is 0 Å². The minimum absolute atomic E-state index is 0.208. The van der Waals surface area contributed by atoms with Crippen LogP contribution in [-0.4, -0.2) is 28.2 Å². The lowest BCUT2D eigenvalue weighted by Crippen LogP contribution is -2.56. The summed E-state index contributed by atoms with van der Waals surface area (Å²) in [6.07, 6.45) is 0.512. The molecular formula is C13H16O3. The van der Waals surface area contributed by atoms with Crippen molar-refractivity contribution in [2.45, 2.75) is 25.9 Å². The summed E-state index contributed by atoms with van der Waals surface area (Å²) in [6.45, 7) is 3.02. The molecule has 2 atom stereocenters. The summed E-state index contributed by atoms with van der Waals surface area (Å²) in [7, 11) is 0. The quantitative estimate of drug-likeness (QED) is 0.747. The van der Waals surface area contributed by atoms with E-state index >= 15 is 0 Å². The van der Waals surface area contributed by atoms with E-state index in [1.54, 1.807) is 19.1 Å². The van der Waals surface area contributed by atoms with E-state index in [1.807, 2.05) is 12.1 Å². The van der Waals surface area contributed by atoms with Gasteiger partial charge in [-0.25, -0.2) is 0 Å². The molecule has 2 N–H and O–H groups in total. The molecule has 0 aromatic heterocycles. The molecule has 0 fully saturated rings. The van der Waals surface area contributed by atoms with Crippen molar-refractivity contribution >= 4 is 5.78 Å². The molecule has 0 saturated heterocycles. The number of benzene rings is 1. The summed E-state index contributed by atoms with van der Waals surface area (Å²) in [5.41, 5.74) is -0.844. The van der Waals surface area contributed by atoms with Crippen molar-refractivity contribution in [3.05, 3.63) is 35.4 Å². The smallest absolute Gasteiger partial charge is 0.194 e. The minimum Gasteiger partial charge on any atom is -0.396 e. The molecule has 2 rings (SSSR count). The summed E-state index contributed by atoms with van der Waals surface area (Å²) in [4.78, 5) is 12.2. The van der Waals surface area contributed by atoms with Crippen LogP contribution in [0.2, 0.25) is 0 Å². The van der Waals surface area contributed by atoms with E-state index in [9.17, 15) is 15.0 Å². The van der Waals surface area contributed by atoms with Crippen LogP contribution in [-0.2, 0) is 6.42 Å². The molecule has 86 valence electrons. The van der Waals surface area contributed by atoms with Gasteiger partial charge in [0.2, 0.25) is 0 Å². The molecule has 16 heavy (non-hydrogen) atoms. The fraction of sp³-hybridized carbons (Fsp3) is 0.462.